The molecule has 2 heterocycles. The molecule has 1 aliphatic heterocycles. The van der Waals surface area contributed by atoms with Gasteiger partial charge >= 0.3 is 0 Å². The van der Waals surface area contributed by atoms with Crippen molar-refractivity contribution in [1.29, 1.82) is 0 Å². The van der Waals surface area contributed by atoms with E-state index in [-0.39, 0.29) is 0 Å². The molecule has 1 aromatic rings. The van der Waals surface area contributed by atoms with Crippen molar-refractivity contribution in [3.05, 3.63) is 17.5 Å². The standard InChI is InChI=1S/C13H21N3OS/c1-16(12-4-5-18-9-12)8-13-6-11(15-17-13)7-14-10-2-3-10/h6,10,12,14H,2-5,7-9H2,1H3. The molecule has 1 saturated carbocycles. The Morgan fingerprint density at radius 1 is 1.50 bits per heavy atom. The molecule has 0 aromatic carbocycles. The SMILES string of the molecule is CN(Cc1cc(CNC2CC2)no1)C1CCSC1. The van der Waals surface area contributed by atoms with Gasteiger partial charge in [0, 0.05) is 30.4 Å². The average Bonchev–Trinajstić information content (AvgIpc) is 2.88. The number of hydrogen-bond donors (Lipinski definition) is 1. The predicted molar refractivity (Wildman–Crippen MR) is 73.6 cm³/mol. The molecule has 5 heteroatoms. The van der Waals surface area contributed by atoms with Crippen LogP contribution in [0.2, 0.25) is 0 Å². The highest BCUT2D eigenvalue weighted by molar-refractivity contribution is 7.99. The molecule has 1 atom stereocenters. The van der Waals surface area contributed by atoms with Crippen LogP contribution in [0.3, 0.4) is 0 Å². The zero-order chi connectivity index (χ0) is 12.4. The second-order valence-electron chi connectivity index (χ2n) is 5.37. The average molecular weight is 267 g/mol. The van der Waals surface area contributed by atoms with Gasteiger partial charge in [0.2, 0.25) is 0 Å². The Hall–Kier alpha value is -0.520. The first-order valence-electron chi connectivity index (χ1n) is 6.77. The normalized spacial score (nSPS) is 24.0. The Morgan fingerprint density at radius 2 is 2.39 bits per heavy atom. The van der Waals surface area contributed by atoms with Crippen LogP contribution >= 0.6 is 11.8 Å². The van der Waals surface area contributed by atoms with E-state index >= 15 is 0 Å². The minimum Gasteiger partial charge on any atom is -0.360 e. The molecule has 18 heavy (non-hydrogen) atoms. The van der Waals surface area contributed by atoms with Crippen LogP contribution in [0.4, 0.5) is 0 Å². The van der Waals surface area contributed by atoms with Crippen LogP contribution in [-0.2, 0) is 13.1 Å². The smallest absolute Gasteiger partial charge is 0.151 e. The first kappa shape index (κ1) is 12.5. The predicted octanol–water partition coefficient (Wildman–Crippen LogP) is 1.86. The maximum absolute atomic E-state index is 5.41. The highest BCUT2D eigenvalue weighted by atomic mass is 32.2. The van der Waals surface area contributed by atoms with Gasteiger partial charge in [-0.05, 0) is 32.1 Å². The third kappa shape index (κ3) is 3.28. The van der Waals surface area contributed by atoms with Gasteiger partial charge < -0.3 is 9.84 Å². The topological polar surface area (TPSA) is 41.3 Å². The molecule has 0 amide bonds. The molecular formula is C13H21N3OS. The van der Waals surface area contributed by atoms with Gasteiger partial charge in [0.05, 0.1) is 12.2 Å². The molecule has 1 saturated heterocycles. The molecule has 1 N–H and O–H groups in total. The van der Waals surface area contributed by atoms with E-state index in [9.17, 15) is 0 Å². The number of thioether (sulfide) groups is 1. The summed E-state index contributed by atoms with van der Waals surface area (Å²) in [5.41, 5.74) is 1.03. The fourth-order valence-corrected chi connectivity index (χ4v) is 3.59. The number of nitrogens with one attached hydrogen (secondary N) is 1. The van der Waals surface area contributed by atoms with Gasteiger partial charge in [-0.25, -0.2) is 0 Å². The van der Waals surface area contributed by atoms with Gasteiger partial charge in [0.1, 0.15) is 0 Å². The fourth-order valence-electron chi connectivity index (χ4n) is 2.29. The lowest BCUT2D eigenvalue weighted by atomic mass is 10.2. The minimum atomic E-state index is 0.702. The fraction of sp³-hybridized carbons (Fsp3) is 0.769. The first-order chi connectivity index (χ1) is 8.81. The summed E-state index contributed by atoms with van der Waals surface area (Å²) in [6, 6.07) is 3.52. The highest BCUT2D eigenvalue weighted by Crippen LogP contribution is 2.23. The monoisotopic (exact) mass is 267 g/mol. The zero-order valence-corrected chi connectivity index (χ0v) is 11.7. The lowest BCUT2D eigenvalue weighted by molar-refractivity contribution is 0.222. The van der Waals surface area contributed by atoms with Crippen molar-refractivity contribution in [2.45, 2.75) is 44.4 Å². The molecule has 2 aliphatic rings. The second-order valence-corrected chi connectivity index (χ2v) is 6.52. The quantitative estimate of drug-likeness (QED) is 0.852. The Balaban J connectivity index is 1.48. The van der Waals surface area contributed by atoms with Gasteiger partial charge in [-0.3, -0.25) is 4.90 Å². The number of hydrogen-bond acceptors (Lipinski definition) is 5. The van der Waals surface area contributed by atoms with E-state index in [2.05, 4.69) is 28.5 Å². The van der Waals surface area contributed by atoms with Crippen molar-refractivity contribution in [1.82, 2.24) is 15.4 Å². The van der Waals surface area contributed by atoms with Gasteiger partial charge in [-0.15, -0.1) is 0 Å². The number of nitrogens with zero attached hydrogens (tertiary/aromatic N) is 2. The van der Waals surface area contributed by atoms with Crippen LogP contribution in [0.25, 0.3) is 0 Å². The van der Waals surface area contributed by atoms with Crippen molar-refractivity contribution < 1.29 is 4.52 Å². The van der Waals surface area contributed by atoms with Crippen LogP contribution in [0.15, 0.2) is 10.6 Å². The molecule has 0 spiro atoms. The lowest BCUT2D eigenvalue weighted by Crippen LogP contribution is -2.30. The van der Waals surface area contributed by atoms with E-state index in [0.29, 0.717) is 6.04 Å². The molecule has 1 unspecified atom stereocenters. The highest BCUT2D eigenvalue weighted by Gasteiger charge is 2.22. The van der Waals surface area contributed by atoms with Crippen LogP contribution in [0.5, 0.6) is 0 Å². The summed E-state index contributed by atoms with van der Waals surface area (Å²) in [6.07, 6.45) is 3.92. The van der Waals surface area contributed by atoms with E-state index in [1.165, 1.54) is 30.8 Å². The van der Waals surface area contributed by atoms with Gasteiger partial charge in [0.25, 0.3) is 0 Å². The summed E-state index contributed by atoms with van der Waals surface area (Å²) in [5.74, 6) is 3.53. The first-order valence-corrected chi connectivity index (χ1v) is 7.92. The Labute approximate surface area is 112 Å². The molecule has 0 bridgehead atoms. The van der Waals surface area contributed by atoms with Crippen LogP contribution in [0, 0.1) is 0 Å². The number of rotatable bonds is 6. The van der Waals surface area contributed by atoms with E-state index in [1.54, 1.807) is 0 Å². The van der Waals surface area contributed by atoms with Crippen LogP contribution in [-0.4, -0.2) is 40.7 Å². The molecule has 3 rings (SSSR count). The Bertz CT molecular complexity index is 385. The molecular weight excluding hydrogens is 246 g/mol. The third-order valence-corrected chi connectivity index (χ3v) is 4.84. The summed E-state index contributed by atoms with van der Waals surface area (Å²) >= 11 is 2.05. The van der Waals surface area contributed by atoms with E-state index < -0.39 is 0 Å². The molecule has 1 aromatic heterocycles. The zero-order valence-electron chi connectivity index (χ0n) is 10.9. The van der Waals surface area contributed by atoms with Crippen molar-refractivity contribution in [3.8, 4) is 0 Å². The Morgan fingerprint density at radius 3 is 3.11 bits per heavy atom. The van der Waals surface area contributed by atoms with Crippen molar-refractivity contribution in [3.63, 3.8) is 0 Å². The van der Waals surface area contributed by atoms with Crippen LogP contribution < -0.4 is 5.32 Å². The summed E-state index contributed by atoms with van der Waals surface area (Å²) in [4.78, 5) is 2.39. The van der Waals surface area contributed by atoms with Crippen molar-refractivity contribution in [2.75, 3.05) is 18.6 Å². The van der Waals surface area contributed by atoms with E-state index in [4.69, 9.17) is 4.52 Å². The minimum absolute atomic E-state index is 0.702. The summed E-state index contributed by atoms with van der Waals surface area (Å²) in [6.45, 7) is 1.72. The van der Waals surface area contributed by atoms with Crippen molar-refractivity contribution >= 4 is 11.8 Å². The molecule has 100 valence electrons. The maximum Gasteiger partial charge on any atom is 0.151 e. The maximum atomic E-state index is 5.41. The second kappa shape index (κ2) is 5.63. The molecule has 1 aliphatic carbocycles. The Kier molecular flexibility index (Phi) is 3.91. The molecule has 0 radical (unpaired) electrons. The number of aromatic nitrogens is 1. The van der Waals surface area contributed by atoms with Crippen LogP contribution in [0.1, 0.15) is 30.7 Å². The van der Waals surface area contributed by atoms with E-state index in [1.807, 2.05) is 11.8 Å². The van der Waals surface area contributed by atoms with Crippen molar-refractivity contribution in [2.24, 2.45) is 0 Å². The molecule has 2 fully saturated rings. The third-order valence-electron chi connectivity index (χ3n) is 3.69. The largest absolute Gasteiger partial charge is 0.360 e. The lowest BCUT2D eigenvalue weighted by Gasteiger charge is -2.21. The molecule has 4 nitrogen and oxygen atoms in total. The van der Waals surface area contributed by atoms with Gasteiger partial charge in [0.15, 0.2) is 5.76 Å². The summed E-state index contributed by atoms with van der Waals surface area (Å²) < 4.78 is 5.41. The summed E-state index contributed by atoms with van der Waals surface area (Å²) in [7, 11) is 2.18. The van der Waals surface area contributed by atoms with Gasteiger partial charge in [-0.2, -0.15) is 11.8 Å². The van der Waals surface area contributed by atoms with Gasteiger partial charge in [-0.1, -0.05) is 5.16 Å². The van der Waals surface area contributed by atoms with E-state index in [0.717, 1.165) is 30.6 Å². The summed E-state index contributed by atoms with van der Waals surface area (Å²) in [5, 5.41) is 7.58.